The molecule has 0 unspecified atom stereocenters. The van der Waals surface area contributed by atoms with Gasteiger partial charge < -0.3 is 9.64 Å². The van der Waals surface area contributed by atoms with Crippen LogP contribution in [0.3, 0.4) is 0 Å². The molecule has 3 amide bonds. The second-order valence-corrected chi connectivity index (χ2v) is 7.18. The number of amides is 3. The largest absolute Gasteiger partial charge is 0.417 e. The summed E-state index contributed by atoms with van der Waals surface area (Å²) in [6.45, 7) is 1.24. The highest BCUT2D eigenvalue weighted by Gasteiger charge is 2.34. The van der Waals surface area contributed by atoms with Crippen LogP contribution in [0, 0.1) is 0 Å². The lowest BCUT2D eigenvalue weighted by molar-refractivity contribution is -0.137. The lowest BCUT2D eigenvalue weighted by atomic mass is 10.1. The second kappa shape index (κ2) is 9.54. The van der Waals surface area contributed by atoms with Crippen LogP contribution in [0.15, 0.2) is 42.5 Å². The first-order chi connectivity index (χ1) is 14.7. The number of rotatable bonds is 4. The quantitative estimate of drug-likeness (QED) is 0.538. The predicted octanol–water partition coefficient (Wildman–Crippen LogP) is 3.94. The zero-order valence-corrected chi connectivity index (χ0v) is 16.9. The molecule has 0 spiro atoms. The molecular formula is C20H19ClF3N3O4. The van der Waals surface area contributed by atoms with Gasteiger partial charge in [-0.05, 0) is 35.9 Å². The monoisotopic (exact) mass is 457 g/mol. The maximum atomic E-state index is 13.4. The van der Waals surface area contributed by atoms with Gasteiger partial charge in [0, 0.05) is 24.3 Å². The smallest absolute Gasteiger partial charge is 0.378 e. The molecule has 2 aromatic carbocycles. The van der Waals surface area contributed by atoms with Crippen LogP contribution in [0.4, 0.5) is 23.7 Å². The predicted molar refractivity (Wildman–Crippen MR) is 106 cm³/mol. The molecule has 1 saturated heterocycles. The minimum absolute atomic E-state index is 0.0328. The number of nitrogens with one attached hydrogen (secondary N) is 1. The van der Waals surface area contributed by atoms with E-state index < -0.39 is 28.7 Å². The summed E-state index contributed by atoms with van der Waals surface area (Å²) in [6.07, 6.45) is -4.68. The summed E-state index contributed by atoms with van der Waals surface area (Å²) in [6, 6.07) is 8.78. The summed E-state index contributed by atoms with van der Waals surface area (Å²) in [5.41, 5.74) is 1.26. The number of hydrogen-bond donors (Lipinski definition) is 2. The molecular weight excluding hydrogens is 439 g/mol. The Balaban J connectivity index is 1.95. The van der Waals surface area contributed by atoms with E-state index >= 15 is 0 Å². The number of carbonyl (C=O) groups excluding carboxylic acids is 2. The zero-order valence-electron chi connectivity index (χ0n) is 16.2. The molecule has 1 fully saturated rings. The van der Waals surface area contributed by atoms with Crippen molar-refractivity contribution in [3.63, 3.8) is 0 Å². The van der Waals surface area contributed by atoms with Crippen LogP contribution in [0.1, 0.15) is 21.5 Å². The summed E-state index contributed by atoms with van der Waals surface area (Å²) < 4.78 is 45.3. The standard InChI is InChI=1S/C20H19ClF3N3O4/c21-17-6-5-15(11-16(17)20(22,23)24)27(19(29)26-7-9-31-10-8-26)12-13-1-3-14(4-2-13)18(28)25-30/h1-6,11,30H,7-10,12H2,(H,25,28). The van der Waals surface area contributed by atoms with Gasteiger partial charge in [-0.15, -0.1) is 0 Å². The van der Waals surface area contributed by atoms with Gasteiger partial charge >= 0.3 is 12.2 Å². The molecule has 2 N–H and O–H groups in total. The summed E-state index contributed by atoms with van der Waals surface area (Å²) in [5.74, 6) is -0.708. The number of halogens is 4. The molecule has 0 atom stereocenters. The Morgan fingerprint density at radius 1 is 1.13 bits per heavy atom. The van der Waals surface area contributed by atoms with Crippen LogP contribution in [-0.4, -0.2) is 48.3 Å². The summed E-state index contributed by atoms with van der Waals surface area (Å²) in [7, 11) is 0. The molecule has 2 aromatic rings. The molecule has 7 nitrogen and oxygen atoms in total. The number of anilines is 1. The highest BCUT2D eigenvalue weighted by molar-refractivity contribution is 6.31. The SMILES string of the molecule is O=C(NO)c1ccc(CN(C(=O)N2CCOCC2)c2ccc(Cl)c(C(F)(F)F)c2)cc1. The highest BCUT2D eigenvalue weighted by atomic mass is 35.5. The van der Waals surface area contributed by atoms with Gasteiger partial charge in [-0.25, -0.2) is 10.3 Å². The van der Waals surface area contributed by atoms with E-state index in [0.717, 1.165) is 12.1 Å². The van der Waals surface area contributed by atoms with E-state index in [4.69, 9.17) is 21.5 Å². The third kappa shape index (κ3) is 5.46. The van der Waals surface area contributed by atoms with Crippen LogP contribution in [0.25, 0.3) is 0 Å². The van der Waals surface area contributed by atoms with Crippen LogP contribution in [0.2, 0.25) is 5.02 Å². The van der Waals surface area contributed by atoms with Gasteiger partial charge in [0.25, 0.3) is 5.91 Å². The summed E-state index contributed by atoms with van der Waals surface area (Å²) in [5, 5.41) is 8.25. The lowest BCUT2D eigenvalue weighted by Crippen LogP contribution is -2.48. The van der Waals surface area contributed by atoms with E-state index in [2.05, 4.69) is 0 Å². The van der Waals surface area contributed by atoms with Gasteiger partial charge in [0.1, 0.15) is 0 Å². The third-order valence-corrected chi connectivity index (χ3v) is 5.07. The lowest BCUT2D eigenvalue weighted by Gasteiger charge is -2.33. The average molecular weight is 458 g/mol. The Bertz CT molecular complexity index is 948. The molecule has 1 aliphatic heterocycles. The van der Waals surface area contributed by atoms with Crippen molar-refractivity contribution in [1.29, 1.82) is 0 Å². The molecule has 31 heavy (non-hydrogen) atoms. The van der Waals surface area contributed by atoms with Crippen molar-refractivity contribution >= 4 is 29.2 Å². The molecule has 1 heterocycles. The normalized spacial score (nSPS) is 14.3. The van der Waals surface area contributed by atoms with Crippen molar-refractivity contribution in [2.45, 2.75) is 12.7 Å². The number of urea groups is 1. The first kappa shape index (κ1) is 22.9. The maximum Gasteiger partial charge on any atom is 0.417 e. The Morgan fingerprint density at radius 3 is 2.35 bits per heavy atom. The van der Waals surface area contributed by atoms with Gasteiger partial charge in [0.05, 0.1) is 30.3 Å². The third-order valence-electron chi connectivity index (χ3n) is 4.74. The fraction of sp³-hybridized carbons (Fsp3) is 0.300. The molecule has 11 heteroatoms. The second-order valence-electron chi connectivity index (χ2n) is 6.77. The van der Waals surface area contributed by atoms with Gasteiger partial charge in [0.2, 0.25) is 0 Å². The van der Waals surface area contributed by atoms with E-state index in [-0.39, 0.29) is 17.8 Å². The number of carbonyl (C=O) groups is 2. The van der Waals surface area contributed by atoms with Crippen molar-refractivity contribution in [3.8, 4) is 0 Å². The van der Waals surface area contributed by atoms with E-state index in [0.29, 0.717) is 31.9 Å². The van der Waals surface area contributed by atoms with Gasteiger partial charge in [-0.2, -0.15) is 13.2 Å². The fourth-order valence-corrected chi connectivity index (χ4v) is 3.33. The van der Waals surface area contributed by atoms with Crippen molar-refractivity contribution < 1.29 is 32.7 Å². The average Bonchev–Trinajstić information content (AvgIpc) is 2.77. The summed E-state index contributed by atoms with van der Waals surface area (Å²) in [4.78, 5) is 27.4. The maximum absolute atomic E-state index is 13.4. The van der Waals surface area contributed by atoms with Crippen molar-refractivity contribution in [2.24, 2.45) is 0 Å². The number of ether oxygens (including phenoxy) is 1. The molecule has 0 aliphatic carbocycles. The van der Waals surface area contributed by atoms with E-state index in [1.54, 1.807) is 12.1 Å². The molecule has 0 aromatic heterocycles. The van der Waals surface area contributed by atoms with E-state index in [1.807, 2.05) is 0 Å². The van der Waals surface area contributed by atoms with Gasteiger partial charge in [0.15, 0.2) is 0 Å². The Labute approximate surface area is 180 Å². The van der Waals surface area contributed by atoms with Gasteiger partial charge in [-0.3, -0.25) is 14.9 Å². The van der Waals surface area contributed by atoms with Crippen LogP contribution in [-0.2, 0) is 17.5 Å². The minimum atomic E-state index is -4.68. The number of hydrogen-bond acceptors (Lipinski definition) is 4. The van der Waals surface area contributed by atoms with E-state index in [1.165, 1.54) is 33.5 Å². The van der Waals surface area contributed by atoms with Gasteiger partial charge in [-0.1, -0.05) is 23.7 Å². The molecule has 0 saturated carbocycles. The van der Waals surface area contributed by atoms with Crippen LogP contribution in [0.5, 0.6) is 0 Å². The molecule has 1 aliphatic rings. The van der Waals surface area contributed by atoms with Crippen molar-refractivity contribution in [2.75, 3.05) is 31.2 Å². The number of morpholine rings is 1. The number of benzene rings is 2. The van der Waals surface area contributed by atoms with Crippen LogP contribution < -0.4 is 10.4 Å². The van der Waals surface area contributed by atoms with Crippen molar-refractivity contribution in [1.82, 2.24) is 10.4 Å². The fourth-order valence-electron chi connectivity index (χ4n) is 3.10. The molecule has 0 bridgehead atoms. The van der Waals surface area contributed by atoms with Crippen LogP contribution >= 0.6 is 11.6 Å². The number of nitrogens with zero attached hydrogens (tertiary/aromatic N) is 2. The first-order valence-corrected chi connectivity index (χ1v) is 9.63. The minimum Gasteiger partial charge on any atom is -0.378 e. The topological polar surface area (TPSA) is 82.1 Å². The molecule has 3 rings (SSSR count). The van der Waals surface area contributed by atoms with Crippen molar-refractivity contribution in [3.05, 3.63) is 64.2 Å². The zero-order chi connectivity index (χ0) is 22.6. The molecule has 0 radical (unpaired) electrons. The molecule has 166 valence electrons. The van der Waals surface area contributed by atoms with E-state index in [9.17, 15) is 22.8 Å². The number of hydroxylamine groups is 1. The Hall–Kier alpha value is -2.82. The first-order valence-electron chi connectivity index (χ1n) is 9.25. The number of alkyl halides is 3. The highest BCUT2D eigenvalue weighted by Crippen LogP contribution is 2.37. The Morgan fingerprint density at radius 2 is 1.77 bits per heavy atom. The Kier molecular flexibility index (Phi) is 7.04. The summed E-state index contributed by atoms with van der Waals surface area (Å²) >= 11 is 5.73.